The Morgan fingerprint density at radius 3 is 2.96 bits per heavy atom. The lowest BCUT2D eigenvalue weighted by atomic mass is 10.2. The molecule has 0 bridgehead atoms. The summed E-state index contributed by atoms with van der Waals surface area (Å²) < 4.78 is 10.7. The maximum Gasteiger partial charge on any atom is 0.411 e. The molecular weight excluding hydrogens is 318 g/mol. The first-order valence-corrected chi connectivity index (χ1v) is 8.31. The van der Waals surface area contributed by atoms with Crippen LogP contribution in [0.25, 0.3) is 11.4 Å². The number of hydrogen-bond donors (Lipinski definition) is 1. The molecule has 0 aliphatic carbocycles. The molecule has 1 fully saturated rings. The van der Waals surface area contributed by atoms with E-state index in [0.717, 1.165) is 5.56 Å². The number of thiophene rings is 1. The van der Waals surface area contributed by atoms with Gasteiger partial charge >= 0.3 is 6.09 Å². The molecule has 1 N–H and O–H groups in total. The van der Waals surface area contributed by atoms with Gasteiger partial charge in [-0.05, 0) is 32.2 Å². The molecule has 2 aromatic heterocycles. The standard InChI is InChI=1S/C15H19N3O4S/c1-15(2,3)21-14(20)18-7-10(19)6-11(18)13-16-12(17-22-13)9-4-5-23-8-9/h4-5,8,10-11,19H,6-7H2,1-3H3/t10-,11-/m0/s1. The minimum atomic E-state index is -0.635. The smallest absolute Gasteiger partial charge is 0.411 e. The van der Waals surface area contributed by atoms with Crippen LogP contribution in [0.15, 0.2) is 21.3 Å². The third-order valence-electron chi connectivity index (χ3n) is 3.41. The third kappa shape index (κ3) is 3.53. The summed E-state index contributed by atoms with van der Waals surface area (Å²) in [5.74, 6) is 0.792. The van der Waals surface area contributed by atoms with Crippen molar-refractivity contribution in [2.24, 2.45) is 0 Å². The van der Waals surface area contributed by atoms with E-state index in [1.165, 1.54) is 4.90 Å². The second-order valence-electron chi connectivity index (χ2n) is 6.51. The summed E-state index contributed by atoms with van der Waals surface area (Å²) in [7, 11) is 0. The Kier molecular flexibility index (Phi) is 4.11. The molecule has 1 amide bonds. The van der Waals surface area contributed by atoms with Crippen molar-refractivity contribution in [1.29, 1.82) is 0 Å². The van der Waals surface area contributed by atoms with Gasteiger partial charge in [-0.15, -0.1) is 0 Å². The molecule has 1 saturated heterocycles. The van der Waals surface area contributed by atoms with Crippen molar-refractivity contribution in [1.82, 2.24) is 15.0 Å². The number of carbonyl (C=O) groups is 1. The number of aliphatic hydroxyl groups is 1. The molecule has 2 atom stereocenters. The Morgan fingerprint density at radius 1 is 1.52 bits per heavy atom. The van der Waals surface area contributed by atoms with Gasteiger partial charge in [-0.2, -0.15) is 16.3 Å². The summed E-state index contributed by atoms with van der Waals surface area (Å²) in [6.07, 6.45) is -0.775. The fourth-order valence-electron chi connectivity index (χ4n) is 2.45. The third-order valence-corrected chi connectivity index (χ3v) is 4.10. The number of ether oxygens (including phenoxy) is 1. The van der Waals surface area contributed by atoms with E-state index in [0.29, 0.717) is 18.1 Å². The Bertz CT molecular complexity index is 677. The molecule has 124 valence electrons. The van der Waals surface area contributed by atoms with Crippen molar-refractivity contribution < 1.29 is 19.2 Å². The molecule has 0 spiro atoms. The molecule has 23 heavy (non-hydrogen) atoms. The maximum atomic E-state index is 12.3. The maximum absolute atomic E-state index is 12.3. The van der Waals surface area contributed by atoms with Gasteiger partial charge < -0.3 is 14.4 Å². The van der Waals surface area contributed by atoms with Crippen LogP contribution in [0.4, 0.5) is 4.79 Å². The molecule has 8 heteroatoms. The number of rotatable bonds is 2. The summed E-state index contributed by atoms with van der Waals surface area (Å²) in [5.41, 5.74) is 0.263. The van der Waals surface area contributed by atoms with E-state index >= 15 is 0 Å². The first-order valence-electron chi connectivity index (χ1n) is 7.37. The van der Waals surface area contributed by atoms with E-state index in [2.05, 4.69) is 10.1 Å². The van der Waals surface area contributed by atoms with Crippen LogP contribution in [0.1, 0.15) is 39.1 Å². The summed E-state index contributed by atoms with van der Waals surface area (Å²) in [5, 5.41) is 17.7. The van der Waals surface area contributed by atoms with Gasteiger partial charge in [0.15, 0.2) is 0 Å². The fraction of sp³-hybridized carbons (Fsp3) is 0.533. The predicted molar refractivity (Wildman–Crippen MR) is 83.9 cm³/mol. The van der Waals surface area contributed by atoms with E-state index in [1.807, 2.05) is 16.8 Å². The molecule has 1 aliphatic heterocycles. The van der Waals surface area contributed by atoms with Gasteiger partial charge in [-0.1, -0.05) is 5.16 Å². The van der Waals surface area contributed by atoms with Gasteiger partial charge in [0.05, 0.1) is 12.6 Å². The number of aliphatic hydroxyl groups excluding tert-OH is 1. The normalized spacial score (nSPS) is 21.7. The van der Waals surface area contributed by atoms with Crippen LogP contribution in [-0.4, -0.2) is 44.5 Å². The largest absolute Gasteiger partial charge is 0.444 e. The zero-order chi connectivity index (χ0) is 16.6. The highest BCUT2D eigenvalue weighted by atomic mass is 32.1. The number of hydrogen-bond acceptors (Lipinski definition) is 7. The highest BCUT2D eigenvalue weighted by molar-refractivity contribution is 7.08. The van der Waals surface area contributed by atoms with Crippen molar-refractivity contribution in [2.75, 3.05) is 6.54 Å². The molecule has 0 aromatic carbocycles. The summed E-state index contributed by atoms with van der Waals surface area (Å²) in [6, 6.07) is 1.42. The van der Waals surface area contributed by atoms with Crippen LogP contribution in [-0.2, 0) is 4.74 Å². The zero-order valence-corrected chi connectivity index (χ0v) is 14.0. The van der Waals surface area contributed by atoms with Crippen molar-refractivity contribution in [2.45, 2.75) is 44.9 Å². The van der Waals surface area contributed by atoms with E-state index in [-0.39, 0.29) is 6.54 Å². The number of likely N-dealkylation sites (tertiary alicyclic amines) is 1. The number of carbonyl (C=O) groups excluding carboxylic acids is 1. The van der Waals surface area contributed by atoms with Gasteiger partial charge in [0.2, 0.25) is 11.7 Å². The van der Waals surface area contributed by atoms with Crippen LogP contribution < -0.4 is 0 Å². The average molecular weight is 337 g/mol. The SMILES string of the molecule is CC(C)(C)OC(=O)N1C[C@@H](O)C[C@H]1c1nc(-c2ccsc2)no1. The summed E-state index contributed by atoms with van der Waals surface area (Å²) in [4.78, 5) is 18.1. The van der Waals surface area contributed by atoms with Crippen LogP contribution in [0.2, 0.25) is 0 Å². The predicted octanol–water partition coefficient (Wildman–Crippen LogP) is 2.84. The van der Waals surface area contributed by atoms with Crippen molar-refractivity contribution in [3.63, 3.8) is 0 Å². The minimum Gasteiger partial charge on any atom is -0.444 e. The molecule has 2 aromatic rings. The fourth-order valence-corrected chi connectivity index (χ4v) is 3.08. The Hall–Kier alpha value is -1.93. The number of aromatic nitrogens is 2. The Morgan fingerprint density at radius 2 is 2.30 bits per heavy atom. The average Bonchev–Trinajstić information content (AvgIpc) is 3.16. The lowest BCUT2D eigenvalue weighted by Gasteiger charge is -2.26. The van der Waals surface area contributed by atoms with Gasteiger partial charge in [0.25, 0.3) is 0 Å². The van der Waals surface area contributed by atoms with Crippen molar-refractivity contribution in [3.05, 3.63) is 22.7 Å². The summed E-state index contributed by atoms with van der Waals surface area (Å²) in [6.45, 7) is 5.59. The number of amides is 1. The summed E-state index contributed by atoms with van der Waals surface area (Å²) >= 11 is 1.54. The van der Waals surface area contributed by atoms with Gasteiger partial charge in [0.1, 0.15) is 11.6 Å². The van der Waals surface area contributed by atoms with Crippen LogP contribution >= 0.6 is 11.3 Å². The first-order chi connectivity index (χ1) is 10.8. The molecule has 0 radical (unpaired) electrons. The Labute approximate surface area is 137 Å². The van der Waals surface area contributed by atoms with Crippen LogP contribution in [0.5, 0.6) is 0 Å². The van der Waals surface area contributed by atoms with Gasteiger partial charge in [-0.3, -0.25) is 4.90 Å². The molecule has 0 saturated carbocycles. The van der Waals surface area contributed by atoms with E-state index in [1.54, 1.807) is 32.1 Å². The van der Waals surface area contributed by atoms with E-state index in [9.17, 15) is 9.90 Å². The quantitative estimate of drug-likeness (QED) is 0.906. The molecule has 3 rings (SSSR count). The number of nitrogens with zero attached hydrogens (tertiary/aromatic N) is 3. The lowest BCUT2D eigenvalue weighted by molar-refractivity contribution is 0.0184. The second kappa shape index (κ2) is 5.93. The zero-order valence-electron chi connectivity index (χ0n) is 13.2. The van der Waals surface area contributed by atoms with Gasteiger partial charge in [0, 0.05) is 17.4 Å². The van der Waals surface area contributed by atoms with Crippen molar-refractivity contribution >= 4 is 17.4 Å². The number of β-amino-alcohol motifs (C(OH)–C–C–N with tert-alkyl or cyclic N) is 1. The molecule has 0 unspecified atom stereocenters. The molecule has 3 heterocycles. The molecular formula is C15H19N3O4S. The van der Waals surface area contributed by atoms with Crippen LogP contribution in [0.3, 0.4) is 0 Å². The van der Waals surface area contributed by atoms with E-state index < -0.39 is 23.8 Å². The minimum absolute atomic E-state index is 0.190. The topological polar surface area (TPSA) is 88.7 Å². The lowest BCUT2D eigenvalue weighted by Crippen LogP contribution is -2.37. The highest BCUT2D eigenvalue weighted by Crippen LogP contribution is 2.33. The Balaban J connectivity index is 1.81. The molecule has 7 nitrogen and oxygen atoms in total. The molecule has 1 aliphatic rings. The highest BCUT2D eigenvalue weighted by Gasteiger charge is 2.40. The monoisotopic (exact) mass is 337 g/mol. The van der Waals surface area contributed by atoms with Crippen LogP contribution in [0, 0.1) is 0 Å². The first kappa shape index (κ1) is 15.9. The van der Waals surface area contributed by atoms with E-state index in [4.69, 9.17) is 9.26 Å². The second-order valence-corrected chi connectivity index (χ2v) is 7.29. The van der Waals surface area contributed by atoms with Crippen molar-refractivity contribution in [3.8, 4) is 11.4 Å². The van der Waals surface area contributed by atoms with Gasteiger partial charge in [-0.25, -0.2) is 4.79 Å².